The van der Waals surface area contributed by atoms with E-state index < -0.39 is 0 Å². The van der Waals surface area contributed by atoms with Gasteiger partial charge in [-0.15, -0.1) is 24.0 Å². The summed E-state index contributed by atoms with van der Waals surface area (Å²) in [5.74, 6) is 1.07. The number of rotatable bonds is 4. The van der Waals surface area contributed by atoms with Crippen molar-refractivity contribution in [3.63, 3.8) is 0 Å². The maximum atomic E-state index is 4.47. The zero-order chi connectivity index (χ0) is 12.3. The fourth-order valence-corrected chi connectivity index (χ4v) is 2.64. The molecule has 0 saturated carbocycles. The molecule has 0 unspecified atom stereocenters. The minimum Gasteiger partial charge on any atom is -0.356 e. The normalized spacial score (nSPS) is 20.8. The first-order valence-electron chi connectivity index (χ1n) is 6.79. The molecule has 2 heterocycles. The smallest absolute Gasteiger partial charge is 0.193 e. The Labute approximate surface area is 128 Å². The molecular weight excluding hydrogens is 339 g/mol. The van der Waals surface area contributed by atoms with Crippen LogP contribution < -0.4 is 5.32 Å². The summed E-state index contributed by atoms with van der Waals surface area (Å²) >= 11 is 0. The van der Waals surface area contributed by atoms with Crippen LogP contribution in [0.2, 0.25) is 0 Å². The van der Waals surface area contributed by atoms with Crippen molar-refractivity contribution in [2.24, 2.45) is 10.4 Å². The topological polar surface area (TPSA) is 30.9 Å². The second-order valence-electron chi connectivity index (χ2n) is 6.13. The van der Waals surface area contributed by atoms with E-state index in [0.29, 0.717) is 5.41 Å². The second-order valence-corrected chi connectivity index (χ2v) is 6.13. The van der Waals surface area contributed by atoms with Gasteiger partial charge < -0.3 is 15.1 Å². The van der Waals surface area contributed by atoms with Crippen molar-refractivity contribution in [1.82, 2.24) is 15.1 Å². The Balaban J connectivity index is 0.00000162. The number of nitrogens with zero attached hydrogens (tertiary/aromatic N) is 3. The van der Waals surface area contributed by atoms with Crippen LogP contribution in [0.15, 0.2) is 4.99 Å². The Morgan fingerprint density at radius 1 is 1.22 bits per heavy atom. The van der Waals surface area contributed by atoms with Crippen molar-refractivity contribution < 1.29 is 0 Å². The lowest BCUT2D eigenvalue weighted by Crippen LogP contribution is -2.44. The van der Waals surface area contributed by atoms with Crippen LogP contribution in [0.1, 0.15) is 26.7 Å². The molecule has 0 atom stereocenters. The van der Waals surface area contributed by atoms with E-state index in [1.807, 2.05) is 0 Å². The molecule has 1 N–H and O–H groups in total. The van der Waals surface area contributed by atoms with Gasteiger partial charge >= 0.3 is 0 Å². The lowest BCUT2D eigenvalue weighted by molar-refractivity contribution is 0.209. The van der Waals surface area contributed by atoms with Gasteiger partial charge in [-0.3, -0.25) is 4.99 Å². The zero-order valence-corrected chi connectivity index (χ0v) is 14.2. The number of halogens is 1. The van der Waals surface area contributed by atoms with E-state index in [2.05, 4.69) is 41.0 Å². The van der Waals surface area contributed by atoms with E-state index >= 15 is 0 Å². The summed E-state index contributed by atoms with van der Waals surface area (Å²) in [4.78, 5) is 9.25. The first kappa shape index (κ1) is 16.0. The van der Waals surface area contributed by atoms with E-state index in [9.17, 15) is 0 Å². The lowest BCUT2D eigenvalue weighted by atomic mass is 9.93. The molecule has 4 nitrogen and oxygen atoms in total. The van der Waals surface area contributed by atoms with Crippen LogP contribution in [-0.2, 0) is 0 Å². The van der Waals surface area contributed by atoms with Gasteiger partial charge in [0.1, 0.15) is 0 Å². The summed E-state index contributed by atoms with van der Waals surface area (Å²) in [6.07, 6.45) is 2.75. The molecular formula is C13H27IN4. The van der Waals surface area contributed by atoms with Crippen LogP contribution in [0.25, 0.3) is 0 Å². The van der Waals surface area contributed by atoms with E-state index in [1.54, 1.807) is 0 Å². The summed E-state index contributed by atoms with van der Waals surface area (Å²) in [7, 11) is 2.10. The molecule has 0 aliphatic carbocycles. The SMILES string of the molecule is CN1CCN=C1NCC(C)(C)CN1CCCC1.I. The Morgan fingerprint density at radius 3 is 2.44 bits per heavy atom. The Morgan fingerprint density at radius 2 is 1.89 bits per heavy atom. The van der Waals surface area contributed by atoms with Crippen LogP contribution in [0.3, 0.4) is 0 Å². The maximum absolute atomic E-state index is 4.47. The van der Waals surface area contributed by atoms with Gasteiger partial charge in [0.2, 0.25) is 0 Å². The summed E-state index contributed by atoms with van der Waals surface area (Å²) in [5, 5.41) is 3.49. The van der Waals surface area contributed by atoms with Gasteiger partial charge in [-0.25, -0.2) is 0 Å². The largest absolute Gasteiger partial charge is 0.356 e. The molecule has 0 spiro atoms. The molecule has 0 aromatic carbocycles. The quantitative estimate of drug-likeness (QED) is 0.768. The number of nitrogens with one attached hydrogen (secondary N) is 1. The molecule has 18 heavy (non-hydrogen) atoms. The van der Waals surface area contributed by atoms with Crippen molar-refractivity contribution in [2.75, 3.05) is 46.3 Å². The molecule has 2 rings (SSSR count). The Bertz CT molecular complexity index is 285. The number of guanidine groups is 1. The highest BCUT2D eigenvalue weighted by atomic mass is 127. The highest BCUT2D eigenvalue weighted by Crippen LogP contribution is 2.19. The highest BCUT2D eigenvalue weighted by Gasteiger charge is 2.24. The van der Waals surface area contributed by atoms with E-state index in [1.165, 1.54) is 32.5 Å². The molecule has 1 saturated heterocycles. The summed E-state index contributed by atoms with van der Waals surface area (Å²) in [5.41, 5.74) is 0.316. The van der Waals surface area contributed by atoms with E-state index in [4.69, 9.17) is 0 Å². The van der Waals surface area contributed by atoms with Gasteiger partial charge in [-0.2, -0.15) is 0 Å². The zero-order valence-electron chi connectivity index (χ0n) is 11.9. The van der Waals surface area contributed by atoms with Gasteiger partial charge in [-0.05, 0) is 31.3 Å². The van der Waals surface area contributed by atoms with Gasteiger partial charge in [0.05, 0.1) is 6.54 Å². The number of hydrogen-bond acceptors (Lipinski definition) is 4. The molecule has 0 bridgehead atoms. The predicted octanol–water partition coefficient (Wildman–Crippen LogP) is 1.62. The molecule has 106 valence electrons. The fraction of sp³-hybridized carbons (Fsp3) is 0.923. The standard InChI is InChI=1S/C13H26N4.HI/c1-13(2,11-17-7-4-5-8-17)10-15-12-14-6-9-16(12)3;/h4-11H2,1-3H3,(H,14,15);1H. The van der Waals surface area contributed by atoms with Gasteiger partial charge in [0, 0.05) is 26.7 Å². The summed E-state index contributed by atoms with van der Waals surface area (Å²) in [6, 6.07) is 0. The molecule has 0 radical (unpaired) electrons. The van der Waals surface area contributed by atoms with Crippen molar-refractivity contribution in [2.45, 2.75) is 26.7 Å². The van der Waals surface area contributed by atoms with E-state index in [0.717, 1.165) is 25.6 Å². The summed E-state index contributed by atoms with van der Waals surface area (Å²) in [6.45, 7) is 11.4. The molecule has 5 heteroatoms. The number of likely N-dealkylation sites (N-methyl/N-ethyl adjacent to an activating group) is 1. The maximum Gasteiger partial charge on any atom is 0.193 e. The molecule has 1 fully saturated rings. The van der Waals surface area contributed by atoms with Crippen LogP contribution in [0.4, 0.5) is 0 Å². The van der Waals surface area contributed by atoms with Crippen LogP contribution in [-0.4, -0.2) is 62.1 Å². The molecule has 0 aromatic rings. The number of likely N-dealkylation sites (tertiary alicyclic amines) is 1. The minimum atomic E-state index is 0. The van der Waals surface area contributed by atoms with Crippen molar-refractivity contribution in [1.29, 1.82) is 0 Å². The Hall–Kier alpha value is -0.0400. The van der Waals surface area contributed by atoms with Crippen molar-refractivity contribution in [3.05, 3.63) is 0 Å². The third-order valence-electron chi connectivity index (χ3n) is 3.63. The molecule has 0 aromatic heterocycles. The first-order valence-corrected chi connectivity index (χ1v) is 6.79. The third kappa shape index (κ3) is 4.57. The molecule has 2 aliphatic heterocycles. The fourth-order valence-electron chi connectivity index (χ4n) is 2.64. The summed E-state index contributed by atoms with van der Waals surface area (Å²) < 4.78 is 0. The minimum absolute atomic E-state index is 0. The monoisotopic (exact) mass is 366 g/mol. The van der Waals surface area contributed by atoms with E-state index in [-0.39, 0.29) is 24.0 Å². The average Bonchev–Trinajstić information content (AvgIpc) is 2.87. The van der Waals surface area contributed by atoms with Gasteiger partial charge in [-0.1, -0.05) is 13.8 Å². The van der Waals surface area contributed by atoms with Crippen LogP contribution in [0, 0.1) is 5.41 Å². The predicted molar refractivity (Wildman–Crippen MR) is 87.8 cm³/mol. The van der Waals surface area contributed by atoms with Crippen LogP contribution >= 0.6 is 24.0 Å². The first-order chi connectivity index (χ1) is 8.07. The average molecular weight is 366 g/mol. The second kappa shape index (κ2) is 6.93. The highest BCUT2D eigenvalue weighted by molar-refractivity contribution is 14.0. The Kier molecular flexibility index (Phi) is 6.17. The third-order valence-corrected chi connectivity index (χ3v) is 3.63. The van der Waals surface area contributed by atoms with Gasteiger partial charge in [0.25, 0.3) is 0 Å². The van der Waals surface area contributed by atoms with Crippen LogP contribution in [0.5, 0.6) is 0 Å². The van der Waals surface area contributed by atoms with Gasteiger partial charge in [0.15, 0.2) is 5.96 Å². The van der Waals surface area contributed by atoms with Crippen molar-refractivity contribution >= 4 is 29.9 Å². The number of hydrogen-bond donors (Lipinski definition) is 1. The molecule has 2 aliphatic rings. The number of aliphatic imine (C=N–C) groups is 1. The van der Waals surface area contributed by atoms with Crippen molar-refractivity contribution in [3.8, 4) is 0 Å². The lowest BCUT2D eigenvalue weighted by Gasteiger charge is -2.31. The molecule has 0 amide bonds.